The summed E-state index contributed by atoms with van der Waals surface area (Å²) in [7, 11) is 0. The molecule has 4 fully saturated rings. The summed E-state index contributed by atoms with van der Waals surface area (Å²) >= 11 is 0. The second kappa shape index (κ2) is 7.63. The van der Waals surface area contributed by atoms with Gasteiger partial charge in [0.25, 0.3) is 0 Å². The highest BCUT2D eigenvalue weighted by molar-refractivity contribution is 5.79. The van der Waals surface area contributed by atoms with E-state index in [9.17, 15) is 9.90 Å². The van der Waals surface area contributed by atoms with E-state index in [4.69, 9.17) is 5.73 Å². The zero-order valence-corrected chi connectivity index (χ0v) is 20.0. The van der Waals surface area contributed by atoms with Crippen LogP contribution in [0, 0.1) is 52.3 Å². The van der Waals surface area contributed by atoms with Gasteiger partial charge >= 0.3 is 0 Å². The maximum absolute atomic E-state index is 12.4. The minimum Gasteiger partial charge on any atom is -0.399 e. The van der Waals surface area contributed by atoms with E-state index in [-0.39, 0.29) is 11.3 Å². The number of carbonyl (C=O) groups is 1. The largest absolute Gasteiger partial charge is 0.399 e. The van der Waals surface area contributed by atoms with E-state index in [0.29, 0.717) is 23.0 Å². The third-order valence-corrected chi connectivity index (χ3v) is 10.6. The molecule has 0 aromatic heterocycles. The second-order valence-corrected chi connectivity index (χ2v) is 12.0. The predicted molar refractivity (Wildman–Crippen MR) is 129 cm³/mol. The Morgan fingerprint density at radius 1 is 0.969 bits per heavy atom. The molecule has 3 heteroatoms. The average molecular weight is 434 g/mol. The molecule has 0 spiro atoms. The van der Waals surface area contributed by atoms with Crippen LogP contribution in [0.2, 0.25) is 0 Å². The number of hydrogen-bond acceptors (Lipinski definition) is 3. The highest BCUT2D eigenvalue weighted by atomic mass is 16.3. The molecule has 1 aromatic rings. The fourth-order valence-corrected chi connectivity index (χ4v) is 8.78. The van der Waals surface area contributed by atoms with Crippen LogP contribution in [-0.4, -0.2) is 16.5 Å². The fraction of sp³-hybridized carbons (Fsp3) is 0.690. The van der Waals surface area contributed by atoms with Crippen LogP contribution in [0.5, 0.6) is 0 Å². The Morgan fingerprint density at radius 2 is 1.69 bits per heavy atom. The van der Waals surface area contributed by atoms with E-state index in [1.165, 1.54) is 32.1 Å². The van der Waals surface area contributed by atoms with Gasteiger partial charge in [0.05, 0.1) is 0 Å². The van der Waals surface area contributed by atoms with E-state index < -0.39 is 5.60 Å². The third-order valence-electron chi connectivity index (χ3n) is 10.6. The number of rotatable bonds is 1. The topological polar surface area (TPSA) is 63.3 Å². The molecular formula is C29H39NO2. The lowest BCUT2D eigenvalue weighted by Crippen LogP contribution is -2.56. The summed E-state index contributed by atoms with van der Waals surface area (Å²) < 4.78 is 0. The number of nitrogens with two attached hydrogens (primary N) is 1. The number of Topliss-reactive ketones (excluding diaryl/α,β-unsaturated/α-hetero) is 1. The van der Waals surface area contributed by atoms with Crippen molar-refractivity contribution < 1.29 is 9.90 Å². The number of aliphatic hydroxyl groups is 1. The second-order valence-electron chi connectivity index (χ2n) is 12.0. The standard InChI is InChI=1S/C29H39NO2/c1-19(31)24-10-11-25-23-9-6-21-18-29(32,15-12-20-4-7-22(30)8-5-20)17-16-27(21,2)26(23)13-14-28(24,25)3/h4-5,7-8,21,23-26,32H,6,9-11,13-14,16-18,30H2,1-3H3/t21?,23-,24+,25-,26-,27-,28+,29?/m0/s1. The number of fused-ring (bicyclic) bond motifs is 5. The maximum Gasteiger partial charge on any atom is 0.133 e. The molecule has 5 rings (SSSR count). The quantitative estimate of drug-likeness (QED) is 0.448. The molecule has 2 unspecified atom stereocenters. The molecule has 32 heavy (non-hydrogen) atoms. The molecule has 0 bridgehead atoms. The molecule has 4 aliphatic rings. The van der Waals surface area contributed by atoms with Crippen molar-refractivity contribution >= 4 is 11.5 Å². The summed E-state index contributed by atoms with van der Waals surface area (Å²) in [6.45, 7) is 6.76. The summed E-state index contributed by atoms with van der Waals surface area (Å²) in [5, 5.41) is 11.4. The average Bonchev–Trinajstić information content (AvgIpc) is 3.12. The first-order valence-electron chi connectivity index (χ1n) is 12.8. The van der Waals surface area contributed by atoms with Gasteiger partial charge in [0.1, 0.15) is 11.4 Å². The number of carbonyl (C=O) groups excluding carboxylic acids is 1. The fourth-order valence-electron chi connectivity index (χ4n) is 8.78. The maximum atomic E-state index is 12.4. The molecule has 3 nitrogen and oxygen atoms in total. The Morgan fingerprint density at radius 3 is 2.41 bits per heavy atom. The van der Waals surface area contributed by atoms with Gasteiger partial charge in [-0.3, -0.25) is 4.79 Å². The van der Waals surface area contributed by atoms with Gasteiger partial charge in [-0.2, -0.15) is 0 Å². The van der Waals surface area contributed by atoms with Crippen molar-refractivity contribution in [3.63, 3.8) is 0 Å². The Balaban J connectivity index is 1.34. The molecule has 0 heterocycles. The first kappa shape index (κ1) is 22.0. The summed E-state index contributed by atoms with van der Waals surface area (Å²) in [5.41, 5.74) is 7.07. The van der Waals surface area contributed by atoms with Gasteiger partial charge in [0.15, 0.2) is 0 Å². The first-order valence-corrected chi connectivity index (χ1v) is 12.8. The van der Waals surface area contributed by atoms with Crippen molar-refractivity contribution in [1.82, 2.24) is 0 Å². The van der Waals surface area contributed by atoms with Gasteiger partial charge in [-0.1, -0.05) is 25.7 Å². The SMILES string of the molecule is CC(=O)[C@H]1CC[C@H]2[C@@H]3CCC4CC(O)(C#Cc5ccc(N)cc5)CC[C@]4(C)[C@H]3CC[C@]12C. The van der Waals surface area contributed by atoms with Crippen molar-refractivity contribution in [2.24, 2.45) is 40.4 Å². The zero-order valence-electron chi connectivity index (χ0n) is 20.0. The molecule has 0 radical (unpaired) electrons. The van der Waals surface area contributed by atoms with Crippen molar-refractivity contribution in [2.45, 2.75) is 84.2 Å². The number of hydrogen-bond donors (Lipinski definition) is 2. The minimum atomic E-state index is -0.880. The van der Waals surface area contributed by atoms with E-state index in [2.05, 4.69) is 25.7 Å². The van der Waals surface area contributed by atoms with Gasteiger partial charge < -0.3 is 10.8 Å². The molecule has 1 aromatic carbocycles. The van der Waals surface area contributed by atoms with Crippen LogP contribution in [0.1, 0.15) is 84.1 Å². The molecule has 4 aliphatic carbocycles. The Labute approximate surface area is 193 Å². The molecule has 0 saturated heterocycles. The lowest BCUT2D eigenvalue weighted by atomic mass is 9.44. The summed E-state index contributed by atoms with van der Waals surface area (Å²) in [6, 6.07) is 7.59. The molecule has 4 saturated carbocycles. The van der Waals surface area contributed by atoms with Gasteiger partial charge in [-0.05, 0) is 123 Å². The molecule has 0 aliphatic heterocycles. The predicted octanol–water partition coefficient (Wildman–Crippen LogP) is 5.60. The molecular weight excluding hydrogens is 394 g/mol. The molecule has 8 atom stereocenters. The smallest absolute Gasteiger partial charge is 0.133 e. The summed E-state index contributed by atoms with van der Waals surface area (Å²) in [4.78, 5) is 12.4. The highest BCUT2D eigenvalue weighted by Crippen LogP contribution is 2.68. The summed E-state index contributed by atoms with van der Waals surface area (Å²) in [5.74, 6) is 9.88. The van der Waals surface area contributed by atoms with E-state index in [1.807, 2.05) is 31.2 Å². The van der Waals surface area contributed by atoms with Crippen molar-refractivity contribution in [1.29, 1.82) is 0 Å². The molecule has 0 amide bonds. The van der Waals surface area contributed by atoms with E-state index in [1.54, 1.807) is 0 Å². The van der Waals surface area contributed by atoms with Crippen LogP contribution in [-0.2, 0) is 4.79 Å². The molecule has 3 N–H and O–H groups in total. The Kier molecular flexibility index (Phi) is 5.25. The van der Waals surface area contributed by atoms with Gasteiger partial charge in [0, 0.05) is 17.2 Å². The zero-order chi connectivity index (χ0) is 22.7. The van der Waals surface area contributed by atoms with Crippen molar-refractivity contribution in [3.05, 3.63) is 29.8 Å². The molecule has 172 valence electrons. The number of ketones is 1. The number of anilines is 1. The first-order chi connectivity index (χ1) is 15.1. The third kappa shape index (κ3) is 3.41. The van der Waals surface area contributed by atoms with Crippen LogP contribution in [0.3, 0.4) is 0 Å². The Bertz CT molecular complexity index is 958. The normalized spacial score (nSPS) is 45.1. The van der Waals surface area contributed by atoms with E-state index in [0.717, 1.165) is 48.8 Å². The van der Waals surface area contributed by atoms with E-state index >= 15 is 0 Å². The number of nitrogen functional groups attached to an aromatic ring is 1. The van der Waals surface area contributed by atoms with Gasteiger partial charge in [-0.25, -0.2) is 0 Å². The van der Waals surface area contributed by atoms with Crippen LogP contribution in [0.25, 0.3) is 0 Å². The van der Waals surface area contributed by atoms with Crippen LogP contribution < -0.4 is 5.73 Å². The number of benzene rings is 1. The van der Waals surface area contributed by atoms with Crippen molar-refractivity contribution in [3.8, 4) is 11.8 Å². The van der Waals surface area contributed by atoms with Crippen LogP contribution >= 0.6 is 0 Å². The summed E-state index contributed by atoms with van der Waals surface area (Å²) in [6.07, 6.45) is 9.87. The van der Waals surface area contributed by atoms with Crippen molar-refractivity contribution in [2.75, 3.05) is 5.73 Å². The Hall–Kier alpha value is -1.79. The lowest BCUT2D eigenvalue weighted by Gasteiger charge is -2.61. The van der Waals surface area contributed by atoms with Crippen LogP contribution in [0.4, 0.5) is 5.69 Å². The lowest BCUT2D eigenvalue weighted by molar-refractivity contribution is -0.144. The minimum absolute atomic E-state index is 0.218. The van der Waals surface area contributed by atoms with Gasteiger partial charge in [0.2, 0.25) is 0 Å². The monoisotopic (exact) mass is 433 g/mol. The van der Waals surface area contributed by atoms with Crippen LogP contribution in [0.15, 0.2) is 24.3 Å². The highest BCUT2D eigenvalue weighted by Gasteiger charge is 2.61. The van der Waals surface area contributed by atoms with Gasteiger partial charge in [-0.15, -0.1) is 0 Å².